The number of aromatic nitrogens is 5. The third kappa shape index (κ3) is 2.85. The van der Waals surface area contributed by atoms with E-state index in [1.165, 1.54) is 0 Å². The Morgan fingerprint density at radius 3 is 2.80 bits per heavy atom. The van der Waals surface area contributed by atoms with Crippen LogP contribution in [0.5, 0.6) is 0 Å². The van der Waals surface area contributed by atoms with Gasteiger partial charge in [-0.25, -0.2) is 14.6 Å². The quantitative estimate of drug-likeness (QED) is 0.531. The van der Waals surface area contributed by atoms with Gasteiger partial charge in [-0.1, -0.05) is 17.7 Å². The van der Waals surface area contributed by atoms with E-state index in [0.717, 1.165) is 22.2 Å². The van der Waals surface area contributed by atoms with E-state index in [0.29, 0.717) is 27.0 Å². The van der Waals surface area contributed by atoms with Crippen LogP contribution in [0, 0.1) is 6.92 Å². The summed E-state index contributed by atoms with van der Waals surface area (Å²) in [5.74, 6) is 0.827. The van der Waals surface area contributed by atoms with Gasteiger partial charge < -0.3 is 5.73 Å². The van der Waals surface area contributed by atoms with Crippen molar-refractivity contribution in [1.29, 1.82) is 0 Å². The molecule has 25 heavy (non-hydrogen) atoms. The maximum absolute atomic E-state index is 6.42. The van der Waals surface area contributed by atoms with E-state index in [2.05, 4.69) is 36.0 Å². The number of hydrogen-bond donors (Lipinski definition) is 1. The molecule has 0 fully saturated rings. The van der Waals surface area contributed by atoms with Crippen LogP contribution in [0.4, 0.5) is 5.82 Å². The number of pyridine rings is 1. The summed E-state index contributed by atoms with van der Waals surface area (Å²) in [5, 5.41) is 5.89. The number of hydrogen-bond acceptors (Lipinski definition) is 5. The van der Waals surface area contributed by atoms with Crippen molar-refractivity contribution in [1.82, 2.24) is 24.7 Å². The van der Waals surface area contributed by atoms with Gasteiger partial charge in [-0.2, -0.15) is 5.10 Å². The fourth-order valence-electron chi connectivity index (χ4n) is 2.59. The van der Waals surface area contributed by atoms with E-state index in [-0.39, 0.29) is 0 Å². The fraction of sp³-hybridized carbons (Fsp3) is 0.0588. The van der Waals surface area contributed by atoms with Crippen LogP contribution in [0.15, 0.2) is 47.3 Å². The van der Waals surface area contributed by atoms with Crippen molar-refractivity contribution in [3.8, 4) is 17.1 Å². The van der Waals surface area contributed by atoms with E-state index >= 15 is 0 Å². The minimum absolute atomic E-state index is 0.292. The van der Waals surface area contributed by atoms with Gasteiger partial charge in [0.15, 0.2) is 11.6 Å². The molecule has 3 aromatic heterocycles. The van der Waals surface area contributed by atoms with Crippen molar-refractivity contribution in [2.24, 2.45) is 0 Å². The normalized spacial score (nSPS) is 11.2. The lowest BCUT2D eigenvalue weighted by atomic mass is 10.1. The summed E-state index contributed by atoms with van der Waals surface area (Å²) in [4.78, 5) is 13.3. The first-order valence-corrected chi connectivity index (χ1v) is 8.60. The minimum Gasteiger partial charge on any atom is -0.381 e. The van der Waals surface area contributed by atoms with Crippen LogP contribution in [0.25, 0.3) is 28.0 Å². The highest BCUT2D eigenvalue weighted by Crippen LogP contribution is 2.32. The summed E-state index contributed by atoms with van der Waals surface area (Å²) in [7, 11) is 0. The van der Waals surface area contributed by atoms with Gasteiger partial charge in [-0.15, -0.1) is 0 Å². The predicted molar refractivity (Wildman–Crippen MR) is 102 cm³/mol. The standard InChI is InChI=1S/C17H12BrClN6/c1-9-4-6-25(24-9)17-14(22-15(18)16(20)23-17)11-7-10-3-2-5-21-13(10)12(19)8-11/h2-8H,1H3,(H2,20,23). The van der Waals surface area contributed by atoms with Gasteiger partial charge in [0, 0.05) is 23.3 Å². The SMILES string of the molecule is Cc1ccn(-c2nc(N)c(Br)nc2-c2cc(Cl)c3ncccc3c2)n1. The lowest BCUT2D eigenvalue weighted by molar-refractivity contribution is 0.827. The first kappa shape index (κ1) is 16.0. The molecule has 4 aromatic rings. The van der Waals surface area contributed by atoms with E-state index in [9.17, 15) is 0 Å². The first-order chi connectivity index (χ1) is 12.0. The lowest BCUT2D eigenvalue weighted by Gasteiger charge is -2.11. The van der Waals surface area contributed by atoms with Gasteiger partial charge in [-0.05, 0) is 47.1 Å². The van der Waals surface area contributed by atoms with Crippen LogP contribution in [-0.2, 0) is 0 Å². The van der Waals surface area contributed by atoms with E-state index in [1.807, 2.05) is 43.5 Å². The Morgan fingerprint density at radius 2 is 2.04 bits per heavy atom. The summed E-state index contributed by atoms with van der Waals surface area (Å²) in [6, 6.07) is 9.51. The molecule has 0 aliphatic heterocycles. The molecule has 0 bridgehead atoms. The molecule has 2 N–H and O–H groups in total. The molecule has 0 saturated carbocycles. The number of anilines is 1. The number of nitrogens with two attached hydrogens (primary N) is 1. The largest absolute Gasteiger partial charge is 0.381 e. The van der Waals surface area contributed by atoms with Crippen LogP contribution in [0.2, 0.25) is 5.02 Å². The number of benzene rings is 1. The smallest absolute Gasteiger partial charge is 0.182 e. The summed E-state index contributed by atoms with van der Waals surface area (Å²) in [6.45, 7) is 1.91. The molecule has 1 aromatic carbocycles. The van der Waals surface area contributed by atoms with Crippen molar-refractivity contribution in [2.45, 2.75) is 6.92 Å². The van der Waals surface area contributed by atoms with Crippen molar-refractivity contribution in [3.63, 3.8) is 0 Å². The molecule has 8 heteroatoms. The Labute approximate surface area is 156 Å². The highest BCUT2D eigenvalue weighted by Gasteiger charge is 2.17. The topological polar surface area (TPSA) is 82.5 Å². The number of rotatable bonds is 2. The monoisotopic (exact) mass is 414 g/mol. The average molecular weight is 416 g/mol. The molecule has 124 valence electrons. The zero-order valence-corrected chi connectivity index (χ0v) is 15.5. The summed E-state index contributed by atoms with van der Waals surface area (Å²) >= 11 is 9.77. The molecular weight excluding hydrogens is 404 g/mol. The molecule has 0 spiro atoms. The first-order valence-electron chi connectivity index (χ1n) is 7.43. The molecule has 0 aliphatic rings. The summed E-state index contributed by atoms with van der Waals surface area (Å²) in [6.07, 6.45) is 3.53. The number of nitrogens with zero attached hydrogens (tertiary/aromatic N) is 5. The van der Waals surface area contributed by atoms with Crippen LogP contribution >= 0.6 is 27.5 Å². The van der Waals surface area contributed by atoms with Crippen molar-refractivity contribution in [3.05, 3.63) is 58.0 Å². The maximum atomic E-state index is 6.42. The average Bonchev–Trinajstić information content (AvgIpc) is 3.03. The minimum atomic E-state index is 0.292. The van der Waals surface area contributed by atoms with Crippen LogP contribution in [-0.4, -0.2) is 24.7 Å². The van der Waals surface area contributed by atoms with Crippen molar-refractivity contribution >= 4 is 44.3 Å². The number of aryl methyl sites for hydroxylation is 1. The number of fused-ring (bicyclic) bond motifs is 1. The van der Waals surface area contributed by atoms with Crippen LogP contribution in [0.3, 0.4) is 0 Å². The Kier molecular flexibility index (Phi) is 3.89. The molecule has 0 saturated heterocycles. The van der Waals surface area contributed by atoms with Gasteiger partial charge >= 0.3 is 0 Å². The zero-order chi connectivity index (χ0) is 17.6. The summed E-state index contributed by atoms with van der Waals surface area (Å²) in [5.41, 5.74) is 8.98. The Bertz CT molecular complexity index is 1110. The number of nitrogen functional groups attached to an aromatic ring is 1. The third-order valence-corrected chi connectivity index (χ3v) is 4.60. The fourth-order valence-corrected chi connectivity index (χ4v) is 3.13. The Morgan fingerprint density at radius 1 is 1.20 bits per heavy atom. The van der Waals surface area contributed by atoms with E-state index < -0.39 is 0 Å². The van der Waals surface area contributed by atoms with Gasteiger partial charge in [0.2, 0.25) is 0 Å². The molecular formula is C17H12BrClN6. The molecule has 0 radical (unpaired) electrons. The zero-order valence-electron chi connectivity index (χ0n) is 13.1. The molecule has 6 nitrogen and oxygen atoms in total. The molecule has 4 rings (SSSR count). The van der Waals surface area contributed by atoms with Crippen LogP contribution in [0.1, 0.15) is 5.69 Å². The second-order valence-corrected chi connectivity index (χ2v) is 6.67. The molecule has 0 atom stereocenters. The van der Waals surface area contributed by atoms with Crippen molar-refractivity contribution < 1.29 is 0 Å². The maximum Gasteiger partial charge on any atom is 0.182 e. The second kappa shape index (κ2) is 6.09. The van der Waals surface area contributed by atoms with Gasteiger partial charge in [0.1, 0.15) is 10.3 Å². The van der Waals surface area contributed by atoms with Gasteiger partial charge in [0.25, 0.3) is 0 Å². The van der Waals surface area contributed by atoms with Crippen molar-refractivity contribution in [2.75, 3.05) is 5.73 Å². The van der Waals surface area contributed by atoms with Gasteiger partial charge in [-0.3, -0.25) is 4.98 Å². The Hall–Kier alpha value is -2.51. The summed E-state index contributed by atoms with van der Waals surface area (Å²) < 4.78 is 2.12. The van der Waals surface area contributed by atoms with E-state index in [1.54, 1.807) is 10.9 Å². The lowest BCUT2D eigenvalue weighted by Crippen LogP contribution is -2.07. The molecule has 0 unspecified atom stereocenters. The molecule has 0 amide bonds. The molecule has 0 aliphatic carbocycles. The second-order valence-electron chi connectivity index (χ2n) is 5.51. The van der Waals surface area contributed by atoms with E-state index in [4.69, 9.17) is 17.3 Å². The third-order valence-electron chi connectivity index (χ3n) is 3.73. The molecule has 3 heterocycles. The number of halogens is 2. The van der Waals surface area contributed by atoms with Crippen LogP contribution < -0.4 is 5.73 Å². The predicted octanol–water partition coefficient (Wildman–Crippen LogP) is 4.18. The highest BCUT2D eigenvalue weighted by atomic mass is 79.9. The Balaban J connectivity index is 2.00. The highest BCUT2D eigenvalue weighted by molar-refractivity contribution is 9.10. The van der Waals surface area contributed by atoms with Gasteiger partial charge in [0.05, 0.1) is 16.2 Å².